The summed E-state index contributed by atoms with van der Waals surface area (Å²) in [5, 5.41) is 0. The molecule has 1 unspecified atom stereocenters. The van der Waals surface area contributed by atoms with Gasteiger partial charge in [-0.25, -0.2) is 0 Å². The van der Waals surface area contributed by atoms with Gasteiger partial charge >= 0.3 is 0 Å². The fourth-order valence-corrected chi connectivity index (χ4v) is 2.73. The van der Waals surface area contributed by atoms with E-state index in [1.807, 2.05) is 24.3 Å². The highest BCUT2D eigenvalue weighted by atomic mass is 16.1. The molecule has 1 atom stereocenters. The monoisotopic (exact) mass is 250 g/mol. The third kappa shape index (κ3) is 2.10. The predicted octanol–water partition coefficient (Wildman–Crippen LogP) is 4.33. The van der Waals surface area contributed by atoms with Crippen LogP contribution in [-0.4, -0.2) is 5.78 Å². The smallest absolute Gasteiger partial charge is 0.170 e. The zero-order chi connectivity index (χ0) is 13.4. The maximum atomic E-state index is 12.5. The number of Topliss-reactive ketones (excluding diaryl/α,β-unsaturated/α-hetero) is 1. The average molecular weight is 250 g/mol. The Morgan fingerprint density at radius 2 is 1.74 bits per heavy atom. The number of carbonyl (C=O) groups is 1. The minimum absolute atomic E-state index is 0.0705. The first kappa shape index (κ1) is 12.2. The molecule has 0 N–H and O–H groups in total. The summed E-state index contributed by atoms with van der Waals surface area (Å²) in [7, 11) is 0. The fourth-order valence-electron chi connectivity index (χ4n) is 2.73. The molecule has 1 nitrogen and oxygen atoms in total. The van der Waals surface area contributed by atoms with Gasteiger partial charge in [-0.15, -0.1) is 0 Å². The van der Waals surface area contributed by atoms with Gasteiger partial charge in [0.1, 0.15) is 0 Å². The molecule has 1 aliphatic rings. The van der Waals surface area contributed by atoms with E-state index in [0.29, 0.717) is 5.92 Å². The van der Waals surface area contributed by atoms with E-state index in [0.717, 1.165) is 12.0 Å². The van der Waals surface area contributed by atoms with Crippen molar-refractivity contribution in [2.75, 3.05) is 0 Å². The highest BCUT2D eigenvalue weighted by Gasteiger charge is 2.32. The number of benzene rings is 2. The van der Waals surface area contributed by atoms with Crippen LogP contribution in [0.25, 0.3) is 0 Å². The Labute approximate surface area is 114 Å². The average Bonchev–Trinajstić information content (AvgIpc) is 2.40. The summed E-state index contributed by atoms with van der Waals surface area (Å²) in [5.41, 5.74) is 4.65. The van der Waals surface area contributed by atoms with E-state index in [1.165, 1.54) is 16.7 Å². The molecule has 0 aromatic heterocycles. The number of carbonyl (C=O) groups excluding carboxylic acids is 1. The summed E-state index contributed by atoms with van der Waals surface area (Å²) < 4.78 is 0. The van der Waals surface area contributed by atoms with Crippen molar-refractivity contribution in [1.82, 2.24) is 0 Å². The lowest BCUT2D eigenvalue weighted by molar-refractivity contribution is 0.0949. The first-order chi connectivity index (χ1) is 9.16. The van der Waals surface area contributed by atoms with Crippen molar-refractivity contribution in [3.63, 3.8) is 0 Å². The summed E-state index contributed by atoms with van der Waals surface area (Å²) in [6, 6.07) is 16.3. The number of hydrogen-bond acceptors (Lipinski definition) is 1. The number of ketones is 1. The zero-order valence-electron chi connectivity index (χ0n) is 11.4. The van der Waals surface area contributed by atoms with Gasteiger partial charge in [-0.3, -0.25) is 4.79 Å². The zero-order valence-corrected chi connectivity index (χ0v) is 11.4. The maximum absolute atomic E-state index is 12.5. The number of rotatable bonds is 3. The first-order valence-corrected chi connectivity index (χ1v) is 6.89. The standard InChI is InChI=1S/C18H18O/c1-12(2)13-7-9-14(10-8-13)18(19)17-11-15-5-3-4-6-16(15)17/h3-10,12,17H,11H2,1-2H3. The van der Waals surface area contributed by atoms with Crippen LogP contribution in [0.15, 0.2) is 48.5 Å². The van der Waals surface area contributed by atoms with Gasteiger partial charge in [0.25, 0.3) is 0 Å². The molecule has 19 heavy (non-hydrogen) atoms. The van der Waals surface area contributed by atoms with Gasteiger partial charge in [-0.05, 0) is 29.0 Å². The molecular formula is C18H18O. The molecule has 0 saturated carbocycles. The van der Waals surface area contributed by atoms with Crippen LogP contribution in [0.5, 0.6) is 0 Å². The molecule has 2 aromatic carbocycles. The third-order valence-electron chi connectivity index (χ3n) is 4.03. The van der Waals surface area contributed by atoms with Crippen molar-refractivity contribution in [3.05, 3.63) is 70.8 Å². The maximum Gasteiger partial charge on any atom is 0.170 e. The largest absolute Gasteiger partial charge is 0.293 e. The first-order valence-electron chi connectivity index (χ1n) is 6.89. The van der Waals surface area contributed by atoms with Crippen LogP contribution in [0.1, 0.15) is 52.7 Å². The molecular weight excluding hydrogens is 232 g/mol. The second-order valence-corrected chi connectivity index (χ2v) is 5.60. The Kier molecular flexibility index (Phi) is 2.98. The van der Waals surface area contributed by atoms with Crippen LogP contribution < -0.4 is 0 Å². The molecule has 1 heteroatoms. The summed E-state index contributed by atoms with van der Waals surface area (Å²) in [4.78, 5) is 12.5. The Hall–Kier alpha value is -1.89. The van der Waals surface area contributed by atoms with Gasteiger partial charge in [0.05, 0.1) is 5.92 Å². The molecule has 0 aliphatic heterocycles. The quantitative estimate of drug-likeness (QED) is 0.741. The molecule has 0 bridgehead atoms. The van der Waals surface area contributed by atoms with Crippen molar-refractivity contribution in [2.24, 2.45) is 0 Å². The van der Waals surface area contributed by atoms with E-state index in [-0.39, 0.29) is 11.7 Å². The van der Waals surface area contributed by atoms with Gasteiger partial charge in [-0.1, -0.05) is 62.4 Å². The molecule has 2 aromatic rings. The van der Waals surface area contributed by atoms with Crippen LogP contribution in [0, 0.1) is 0 Å². The molecule has 0 radical (unpaired) electrons. The van der Waals surface area contributed by atoms with Crippen LogP contribution >= 0.6 is 0 Å². The van der Waals surface area contributed by atoms with E-state index in [2.05, 4.69) is 38.1 Å². The van der Waals surface area contributed by atoms with E-state index >= 15 is 0 Å². The predicted molar refractivity (Wildman–Crippen MR) is 77.7 cm³/mol. The number of hydrogen-bond donors (Lipinski definition) is 0. The lowest BCUT2D eigenvalue weighted by Gasteiger charge is -2.28. The third-order valence-corrected chi connectivity index (χ3v) is 4.03. The number of fused-ring (bicyclic) bond motifs is 1. The van der Waals surface area contributed by atoms with Crippen LogP contribution in [0.2, 0.25) is 0 Å². The van der Waals surface area contributed by atoms with Crippen molar-refractivity contribution in [3.8, 4) is 0 Å². The minimum atomic E-state index is 0.0705. The molecule has 0 heterocycles. The summed E-state index contributed by atoms with van der Waals surface area (Å²) >= 11 is 0. The van der Waals surface area contributed by atoms with Gasteiger partial charge < -0.3 is 0 Å². The van der Waals surface area contributed by atoms with Crippen LogP contribution in [-0.2, 0) is 6.42 Å². The Bertz CT molecular complexity index is 608. The van der Waals surface area contributed by atoms with Crippen LogP contribution in [0.3, 0.4) is 0 Å². The van der Waals surface area contributed by atoms with Gasteiger partial charge in [0, 0.05) is 5.56 Å². The Balaban J connectivity index is 1.83. The lowest BCUT2D eigenvalue weighted by atomic mass is 9.74. The molecule has 1 aliphatic carbocycles. The highest BCUT2D eigenvalue weighted by molar-refractivity contribution is 6.02. The van der Waals surface area contributed by atoms with E-state index < -0.39 is 0 Å². The molecule has 0 fully saturated rings. The molecule has 0 spiro atoms. The molecule has 0 amide bonds. The lowest BCUT2D eigenvalue weighted by Crippen LogP contribution is -2.25. The van der Waals surface area contributed by atoms with Crippen molar-refractivity contribution >= 4 is 5.78 Å². The second-order valence-electron chi connectivity index (χ2n) is 5.60. The van der Waals surface area contributed by atoms with Crippen LogP contribution in [0.4, 0.5) is 0 Å². The normalized spacial score (nSPS) is 16.9. The Morgan fingerprint density at radius 1 is 1.05 bits per heavy atom. The Morgan fingerprint density at radius 3 is 2.37 bits per heavy atom. The van der Waals surface area contributed by atoms with Gasteiger partial charge in [0.2, 0.25) is 0 Å². The molecule has 0 saturated heterocycles. The van der Waals surface area contributed by atoms with E-state index in [4.69, 9.17) is 0 Å². The molecule has 3 rings (SSSR count). The molecule has 96 valence electrons. The van der Waals surface area contributed by atoms with Crippen molar-refractivity contribution < 1.29 is 4.79 Å². The van der Waals surface area contributed by atoms with E-state index in [1.54, 1.807) is 0 Å². The summed E-state index contributed by atoms with van der Waals surface area (Å²) in [6.07, 6.45) is 0.890. The van der Waals surface area contributed by atoms with Gasteiger partial charge in [-0.2, -0.15) is 0 Å². The van der Waals surface area contributed by atoms with Crippen molar-refractivity contribution in [2.45, 2.75) is 32.1 Å². The minimum Gasteiger partial charge on any atom is -0.293 e. The van der Waals surface area contributed by atoms with E-state index in [9.17, 15) is 4.79 Å². The summed E-state index contributed by atoms with van der Waals surface area (Å²) in [6.45, 7) is 4.33. The van der Waals surface area contributed by atoms with Gasteiger partial charge in [0.15, 0.2) is 5.78 Å². The SMILES string of the molecule is CC(C)c1ccc(C(=O)C2Cc3ccccc32)cc1. The topological polar surface area (TPSA) is 17.1 Å². The second kappa shape index (κ2) is 4.65. The fraction of sp³-hybridized carbons (Fsp3) is 0.278. The highest BCUT2D eigenvalue weighted by Crippen LogP contribution is 2.37. The van der Waals surface area contributed by atoms with Crippen molar-refractivity contribution in [1.29, 1.82) is 0 Å². The summed E-state index contributed by atoms with van der Waals surface area (Å²) in [5.74, 6) is 0.837.